The lowest BCUT2D eigenvalue weighted by molar-refractivity contribution is -0.131. The van der Waals surface area contributed by atoms with Crippen LogP contribution in [0.4, 0.5) is 0 Å². The molecular weight excluding hydrogens is 324 g/mol. The molecule has 2 aliphatic heterocycles. The Bertz CT molecular complexity index is 557. The highest BCUT2D eigenvalue weighted by Crippen LogP contribution is 2.21. The third-order valence-corrected chi connectivity index (χ3v) is 6.03. The van der Waals surface area contributed by atoms with Gasteiger partial charge in [0.2, 0.25) is 5.91 Å². The van der Waals surface area contributed by atoms with E-state index in [2.05, 4.69) is 20.2 Å². The number of hydrogen-bond acceptors (Lipinski definition) is 6. The van der Waals surface area contributed by atoms with Crippen molar-refractivity contribution >= 4 is 17.2 Å². The Hall–Kier alpha value is -1.02. The molecule has 24 heavy (non-hydrogen) atoms. The molecule has 2 fully saturated rings. The van der Waals surface area contributed by atoms with Crippen molar-refractivity contribution in [1.29, 1.82) is 0 Å². The van der Waals surface area contributed by atoms with Gasteiger partial charge in [-0.2, -0.15) is 0 Å². The minimum absolute atomic E-state index is 0.154. The van der Waals surface area contributed by atoms with Crippen LogP contribution in [0.2, 0.25) is 0 Å². The van der Waals surface area contributed by atoms with Crippen molar-refractivity contribution in [3.05, 3.63) is 16.1 Å². The summed E-state index contributed by atoms with van der Waals surface area (Å²) in [5.74, 6) is 0.154. The molecule has 6 nitrogen and oxygen atoms in total. The fraction of sp³-hybridized carbons (Fsp3) is 0.765. The third kappa shape index (κ3) is 4.33. The minimum Gasteiger partial charge on any atom is -0.391 e. The van der Waals surface area contributed by atoms with E-state index in [0.717, 1.165) is 69.4 Å². The highest BCUT2D eigenvalue weighted by atomic mass is 32.1. The van der Waals surface area contributed by atoms with Crippen LogP contribution in [0.15, 0.2) is 5.38 Å². The number of nitrogens with zero attached hydrogens (tertiary/aromatic N) is 4. The first kappa shape index (κ1) is 17.8. The number of aliphatic hydroxyl groups is 1. The number of amides is 1. The van der Waals surface area contributed by atoms with Gasteiger partial charge in [-0.05, 0) is 19.8 Å². The lowest BCUT2D eigenvalue weighted by atomic mass is 10.0. The smallest absolute Gasteiger partial charge is 0.219 e. The number of aliphatic hydroxyl groups excluding tert-OH is 1. The van der Waals surface area contributed by atoms with E-state index in [4.69, 9.17) is 0 Å². The van der Waals surface area contributed by atoms with Gasteiger partial charge in [-0.15, -0.1) is 11.3 Å². The Morgan fingerprint density at radius 2 is 1.96 bits per heavy atom. The van der Waals surface area contributed by atoms with Gasteiger partial charge in [0.05, 0.1) is 16.8 Å². The number of aryl methyl sites for hydroxylation is 1. The molecule has 2 saturated heterocycles. The normalized spacial score (nSPS) is 27.2. The van der Waals surface area contributed by atoms with Gasteiger partial charge in [-0.3, -0.25) is 14.6 Å². The fourth-order valence-electron chi connectivity index (χ4n) is 3.79. The van der Waals surface area contributed by atoms with Crippen LogP contribution >= 0.6 is 11.3 Å². The number of likely N-dealkylation sites (tertiary alicyclic amines) is 1. The Balaban J connectivity index is 1.54. The Morgan fingerprint density at radius 1 is 1.25 bits per heavy atom. The number of aromatic nitrogens is 1. The van der Waals surface area contributed by atoms with Gasteiger partial charge in [0.25, 0.3) is 0 Å². The summed E-state index contributed by atoms with van der Waals surface area (Å²) in [5.41, 5.74) is 1.14. The van der Waals surface area contributed by atoms with Crippen LogP contribution in [0.25, 0.3) is 0 Å². The molecular formula is C17H28N4O2S. The van der Waals surface area contributed by atoms with E-state index < -0.39 is 0 Å². The summed E-state index contributed by atoms with van der Waals surface area (Å²) in [7, 11) is 0. The van der Waals surface area contributed by atoms with Crippen LogP contribution < -0.4 is 0 Å². The van der Waals surface area contributed by atoms with Crippen molar-refractivity contribution < 1.29 is 9.90 Å². The molecule has 1 amide bonds. The van der Waals surface area contributed by atoms with Crippen LogP contribution in [0.3, 0.4) is 0 Å². The Morgan fingerprint density at radius 3 is 2.58 bits per heavy atom. The maximum absolute atomic E-state index is 11.5. The summed E-state index contributed by atoms with van der Waals surface area (Å²) in [6.07, 6.45) is 1.50. The zero-order valence-corrected chi connectivity index (χ0v) is 15.5. The first-order valence-electron chi connectivity index (χ1n) is 8.84. The second-order valence-electron chi connectivity index (χ2n) is 6.89. The highest BCUT2D eigenvalue weighted by Gasteiger charge is 2.32. The van der Waals surface area contributed by atoms with Crippen molar-refractivity contribution in [2.24, 2.45) is 0 Å². The number of rotatable bonds is 3. The second kappa shape index (κ2) is 7.91. The Labute approximate surface area is 148 Å². The van der Waals surface area contributed by atoms with E-state index >= 15 is 0 Å². The molecule has 7 heteroatoms. The Kier molecular flexibility index (Phi) is 5.86. The van der Waals surface area contributed by atoms with Crippen molar-refractivity contribution in [2.75, 3.05) is 39.3 Å². The van der Waals surface area contributed by atoms with Gasteiger partial charge in [-0.25, -0.2) is 4.98 Å². The molecule has 134 valence electrons. The van der Waals surface area contributed by atoms with Crippen LogP contribution in [-0.2, 0) is 11.3 Å². The lowest BCUT2D eigenvalue weighted by Crippen LogP contribution is -2.54. The molecule has 1 N–H and O–H groups in total. The largest absolute Gasteiger partial charge is 0.391 e. The van der Waals surface area contributed by atoms with Crippen LogP contribution in [0.1, 0.15) is 30.5 Å². The molecule has 2 aliphatic rings. The number of carbonyl (C=O) groups excluding carboxylic acids is 1. The van der Waals surface area contributed by atoms with E-state index in [9.17, 15) is 9.90 Å². The van der Waals surface area contributed by atoms with E-state index in [1.54, 1.807) is 18.3 Å². The first-order chi connectivity index (χ1) is 11.5. The quantitative estimate of drug-likeness (QED) is 0.877. The van der Waals surface area contributed by atoms with Crippen LogP contribution in [0, 0.1) is 6.92 Å². The summed E-state index contributed by atoms with van der Waals surface area (Å²) < 4.78 is 0. The van der Waals surface area contributed by atoms with Crippen LogP contribution in [-0.4, -0.2) is 82.1 Å². The van der Waals surface area contributed by atoms with Gasteiger partial charge in [0.15, 0.2) is 0 Å². The number of hydrogen-bond donors (Lipinski definition) is 1. The molecule has 0 bridgehead atoms. The molecule has 1 aromatic rings. The maximum Gasteiger partial charge on any atom is 0.219 e. The predicted octanol–water partition coefficient (Wildman–Crippen LogP) is 0.941. The number of piperazine rings is 1. The van der Waals surface area contributed by atoms with Gasteiger partial charge in [-0.1, -0.05) is 0 Å². The standard InChI is InChI=1S/C17H28N4O2S/c1-13-18-15(12-24-13)11-19-5-3-16(17(23)4-6-19)21-9-7-20(8-10-21)14(2)22/h12,16-17,23H,3-11H2,1-2H3/t16-,17-/m0/s1. The van der Waals surface area contributed by atoms with Gasteiger partial charge >= 0.3 is 0 Å². The topological polar surface area (TPSA) is 59.9 Å². The molecule has 3 heterocycles. The summed E-state index contributed by atoms with van der Waals surface area (Å²) in [4.78, 5) is 22.7. The van der Waals surface area contributed by atoms with Crippen LogP contribution in [0.5, 0.6) is 0 Å². The second-order valence-corrected chi connectivity index (χ2v) is 7.95. The SMILES string of the molecule is CC(=O)N1CCN([C@H]2CCN(Cc3csc(C)n3)CC[C@@H]2O)CC1. The highest BCUT2D eigenvalue weighted by molar-refractivity contribution is 7.09. The zero-order chi connectivity index (χ0) is 17.1. The van der Waals surface area contributed by atoms with Crippen molar-refractivity contribution in [3.8, 4) is 0 Å². The average molecular weight is 353 g/mol. The van der Waals surface area contributed by atoms with Crippen molar-refractivity contribution in [3.63, 3.8) is 0 Å². The first-order valence-corrected chi connectivity index (χ1v) is 9.72. The van der Waals surface area contributed by atoms with Gasteiger partial charge < -0.3 is 10.0 Å². The van der Waals surface area contributed by atoms with E-state index in [1.165, 1.54) is 0 Å². The summed E-state index contributed by atoms with van der Waals surface area (Å²) in [6.45, 7) is 9.75. The summed E-state index contributed by atoms with van der Waals surface area (Å²) in [6, 6.07) is 0.210. The minimum atomic E-state index is -0.281. The van der Waals surface area contributed by atoms with E-state index in [1.807, 2.05) is 11.8 Å². The third-order valence-electron chi connectivity index (χ3n) is 5.21. The molecule has 0 unspecified atom stereocenters. The van der Waals surface area contributed by atoms with Gasteiger partial charge in [0.1, 0.15) is 0 Å². The average Bonchev–Trinajstić information content (AvgIpc) is 2.88. The molecule has 3 rings (SSSR count). The summed E-state index contributed by atoms with van der Waals surface area (Å²) >= 11 is 1.70. The number of carbonyl (C=O) groups is 1. The van der Waals surface area contributed by atoms with Crippen molar-refractivity contribution in [1.82, 2.24) is 19.7 Å². The molecule has 0 aromatic carbocycles. The van der Waals surface area contributed by atoms with E-state index in [-0.39, 0.29) is 18.1 Å². The lowest BCUT2D eigenvalue weighted by Gasteiger charge is -2.40. The predicted molar refractivity (Wildman–Crippen MR) is 95.0 cm³/mol. The summed E-state index contributed by atoms with van der Waals surface area (Å²) in [5, 5.41) is 13.8. The monoisotopic (exact) mass is 352 g/mol. The molecule has 0 spiro atoms. The maximum atomic E-state index is 11.5. The van der Waals surface area contributed by atoms with Crippen molar-refractivity contribution in [2.45, 2.75) is 45.4 Å². The number of thiazole rings is 1. The fourth-order valence-corrected chi connectivity index (χ4v) is 4.39. The molecule has 2 atom stereocenters. The van der Waals surface area contributed by atoms with Gasteiger partial charge in [0, 0.05) is 64.2 Å². The molecule has 0 radical (unpaired) electrons. The van der Waals surface area contributed by atoms with E-state index in [0.29, 0.717) is 0 Å². The molecule has 0 saturated carbocycles. The zero-order valence-electron chi connectivity index (χ0n) is 14.6. The molecule has 1 aromatic heterocycles. The molecule has 0 aliphatic carbocycles.